The van der Waals surface area contributed by atoms with E-state index in [1.165, 1.54) is 10.9 Å². The number of aromatic nitrogens is 3. The Balaban J connectivity index is 1.48. The molecule has 1 aliphatic heterocycles. The van der Waals surface area contributed by atoms with Crippen LogP contribution >= 0.6 is 0 Å². The topological polar surface area (TPSA) is 124 Å². The highest BCUT2D eigenvalue weighted by Crippen LogP contribution is 2.41. The van der Waals surface area contributed by atoms with Gasteiger partial charge in [0.2, 0.25) is 5.88 Å². The average molecular weight is 434 g/mol. The van der Waals surface area contributed by atoms with Crippen LogP contribution in [0.15, 0.2) is 15.5 Å². The van der Waals surface area contributed by atoms with Crippen LogP contribution in [0.3, 0.4) is 0 Å². The standard InChI is InChI=1S/C19H23FN6O3S/c1-10-5-6-13-16(10)23-14-4-2-3-12(14)17(13)24-19(27)25-30(21,28)15-7-22-26-8-11(20)9-29-18(15)26/h7,10-11H,2-6,8-9H2,1H3,(H3,21,23,24,25,27,28). The molecule has 3 unspecified atom stereocenters. The number of halogens is 1. The molecule has 0 bridgehead atoms. The van der Waals surface area contributed by atoms with Crippen LogP contribution in [0.2, 0.25) is 0 Å². The maximum Gasteiger partial charge on any atom is 0.354 e. The molecule has 0 saturated carbocycles. The fourth-order valence-corrected chi connectivity index (χ4v) is 5.50. The van der Waals surface area contributed by atoms with E-state index < -0.39 is 22.1 Å². The molecule has 3 aliphatic rings. The number of amides is 2. The van der Waals surface area contributed by atoms with E-state index in [4.69, 9.17) is 14.9 Å². The maximum absolute atomic E-state index is 13.5. The van der Waals surface area contributed by atoms with Gasteiger partial charge >= 0.3 is 6.03 Å². The molecule has 11 heteroatoms. The second-order valence-electron chi connectivity index (χ2n) is 8.06. The molecule has 0 aromatic carbocycles. The van der Waals surface area contributed by atoms with Crippen LogP contribution < -0.4 is 15.2 Å². The summed E-state index contributed by atoms with van der Waals surface area (Å²) in [5.41, 5.74) is 4.87. The first-order valence-corrected chi connectivity index (χ1v) is 11.6. The zero-order valence-corrected chi connectivity index (χ0v) is 17.4. The lowest BCUT2D eigenvalue weighted by molar-refractivity contribution is 0.122. The molecular formula is C19H23FN6O3S. The molecule has 2 aromatic rings. The molecule has 0 radical (unpaired) electrons. The number of hydrogen-bond donors (Lipinski definition) is 2. The fraction of sp³-hybridized carbons (Fsp3) is 0.526. The van der Waals surface area contributed by atoms with Crippen LogP contribution in [0.4, 0.5) is 14.9 Å². The zero-order chi connectivity index (χ0) is 21.0. The van der Waals surface area contributed by atoms with Crippen molar-refractivity contribution in [2.24, 2.45) is 9.50 Å². The Morgan fingerprint density at radius 3 is 3.07 bits per heavy atom. The molecule has 5 rings (SSSR count). The van der Waals surface area contributed by atoms with E-state index in [0.717, 1.165) is 60.3 Å². The number of alkyl halides is 1. The molecule has 9 nitrogen and oxygen atoms in total. The SMILES string of the molecule is CC1CCc2c1nc1c(c2NC(=O)N=S(N)(=O)c2cnn3c2OCC(F)C3)CCC1. The first-order chi connectivity index (χ1) is 14.3. The van der Waals surface area contributed by atoms with Crippen LogP contribution in [0.5, 0.6) is 5.88 Å². The summed E-state index contributed by atoms with van der Waals surface area (Å²) < 4.78 is 36.8. The Kier molecular flexibility index (Phi) is 4.55. The number of hydrogen-bond acceptors (Lipinski definition) is 5. The van der Waals surface area contributed by atoms with E-state index in [2.05, 4.69) is 21.7 Å². The number of urea groups is 1. The number of anilines is 1. The molecule has 3 heterocycles. The number of fused-ring (bicyclic) bond motifs is 3. The van der Waals surface area contributed by atoms with Crippen molar-refractivity contribution in [3.63, 3.8) is 0 Å². The molecule has 3 N–H and O–H groups in total. The normalized spacial score (nSPS) is 23.7. The van der Waals surface area contributed by atoms with Gasteiger partial charge in [0.25, 0.3) is 0 Å². The highest BCUT2D eigenvalue weighted by molar-refractivity contribution is 7.91. The number of pyridine rings is 1. The van der Waals surface area contributed by atoms with Gasteiger partial charge in [0.1, 0.15) is 11.5 Å². The predicted octanol–water partition coefficient (Wildman–Crippen LogP) is 2.48. The lowest BCUT2D eigenvalue weighted by Crippen LogP contribution is -2.28. The van der Waals surface area contributed by atoms with Crippen LogP contribution in [0.1, 0.15) is 48.2 Å². The summed E-state index contributed by atoms with van der Waals surface area (Å²) in [6.45, 7) is 1.92. The number of carbonyl (C=O) groups excluding carboxylic acids is 1. The van der Waals surface area contributed by atoms with E-state index in [1.807, 2.05) is 0 Å². The molecule has 2 amide bonds. The van der Waals surface area contributed by atoms with Crippen molar-refractivity contribution in [2.75, 3.05) is 11.9 Å². The van der Waals surface area contributed by atoms with Crippen molar-refractivity contribution < 1.29 is 18.1 Å². The summed E-state index contributed by atoms with van der Waals surface area (Å²) in [5, 5.41) is 12.7. The van der Waals surface area contributed by atoms with Gasteiger partial charge in [0.15, 0.2) is 16.1 Å². The molecular weight excluding hydrogens is 411 g/mol. The van der Waals surface area contributed by atoms with Gasteiger partial charge < -0.3 is 10.1 Å². The Labute approximate surface area is 173 Å². The first kappa shape index (κ1) is 19.4. The van der Waals surface area contributed by atoms with Crippen molar-refractivity contribution in [2.45, 2.75) is 62.6 Å². The molecule has 2 aromatic heterocycles. The summed E-state index contributed by atoms with van der Waals surface area (Å²) in [6.07, 6.45) is 4.54. The summed E-state index contributed by atoms with van der Waals surface area (Å²) in [5.74, 6) is 0.431. The average Bonchev–Trinajstić information content (AvgIpc) is 3.40. The van der Waals surface area contributed by atoms with Gasteiger partial charge in [-0.05, 0) is 49.1 Å². The van der Waals surface area contributed by atoms with Crippen LogP contribution in [0, 0.1) is 0 Å². The van der Waals surface area contributed by atoms with Crippen molar-refractivity contribution in [3.05, 3.63) is 28.7 Å². The number of rotatable bonds is 2. The number of carbonyl (C=O) groups is 1. The summed E-state index contributed by atoms with van der Waals surface area (Å²) >= 11 is 0. The van der Waals surface area contributed by atoms with Crippen molar-refractivity contribution in [1.29, 1.82) is 0 Å². The van der Waals surface area contributed by atoms with Crippen LogP contribution in [-0.4, -0.2) is 37.8 Å². The molecule has 160 valence electrons. The molecule has 0 saturated heterocycles. The highest BCUT2D eigenvalue weighted by Gasteiger charge is 2.31. The van der Waals surface area contributed by atoms with Gasteiger partial charge in [-0.1, -0.05) is 6.92 Å². The van der Waals surface area contributed by atoms with Crippen molar-refractivity contribution in [3.8, 4) is 5.88 Å². The van der Waals surface area contributed by atoms with E-state index in [1.54, 1.807) is 0 Å². The number of nitrogens with two attached hydrogens (primary N) is 1. The number of ether oxygens (including phenoxy) is 1. The Morgan fingerprint density at radius 2 is 2.23 bits per heavy atom. The third-order valence-electron chi connectivity index (χ3n) is 5.95. The Morgan fingerprint density at radius 1 is 1.40 bits per heavy atom. The van der Waals surface area contributed by atoms with E-state index in [0.29, 0.717) is 5.92 Å². The Hall–Kier alpha value is -2.53. The van der Waals surface area contributed by atoms with Crippen LogP contribution in [0.25, 0.3) is 0 Å². The molecule has 3 atom stereocenters. The fourth-order valence-electron chi connectivity index (χ4n) is 4.50. The van der Waals surface area contributed by atoms with Gasteiger partial charge in [-0.3, -0.25) is 4.98 Å². The highest BCUT2D eigenvalue weighted by atomic mass is 32.2. The largest absolute Gasteiger partial charge is 0.474 e. The van der Waals surface area contributed by atoms with Crippen LogP contribution in [-0.2, 0) is 35.7 Å². The lowest BCUT2D eigenvalue weighted by atomic mass is 10.0. The van der Waals surface area contributed by atoms with Gasteiger partial charge in [-0.15, -0.1) is 4.36 Å². The lowest BCUT2D eigenvalue weighted by Gasteiger charge is -2.19. The second kappa shape index (κ2) is 7.02. The van der Waals surface area contributed by atoms with Gasteiger partial charge in [-0.25, -0.2) is 23.2 Å². The van der Waals surface area contributed by atoms with Crippen molar-refractivity contribution in [1.82, 2.24) is 14.8 Å². The first-order valence-electron chi connectivity index (χ1n) is 10.1. The summed E-state index contributed by atoms with van der Waals surface area (Å²) in [6, 6.07) is -0.788. The molecule has 2 aliphatic carbocycles. The third-order valence-corrected chi connectivity index (χ3v) is 7.30. The number of aryl methyl sites for hydroxylation is 1. The zero-order valence-electron chi connectivity index (χ0n) is 16.6. The smallest absolute Gasteiger partial charge is 0.354 e. The minimum atomic E-state index is -3.62. The number of nitrogens with zero attached hydrogens (tertiary/aromatic N) is 4. The molecule has 0 spiro atoms. The quantitative estimate of drug-likeness (QED) is 0.751. The van der Waals surface area contributed by atoms with Crippen molar-refractivity contribution >= 4 is 21.6 Å². The second-order valence-corrected chi connectivity index (χ2v) is 9.82. The van der Waals surface area contributed by atoms with E-state index in [-0.39, 0.29) is 23.9 Å². The number of nitrogens with one attached hydrogen (secondary N) is 1. The van der Waals surface area contributed by atoms with Gasteiger partial charge in [-0.2, -0.15) is 5.10 Å². The van der Waals surface area contributed by atoms with E-state index in [9.17, 15) is 13.4 Å². The third kappa shape index (κ3) is 3.16. The minimum absolute atomic E-state index is 0.0108. The summed E-state index contributed by atoms with van der Waals surface area (Å²) in [7, 11) is -3.62. The van der Waals surface area contributed by atoms with Gasteiger partial charge in [0, 0.05) is 11.4 Å². The predicted molar refractivity (Wildman–Crippen MR) is 108 cm³/mol. The van der Waals surface area contributed by atoms with Gasteiger partial charge in [0.05, 0.1) is 18.4 Å². The summed E-state index contributed by atoms with van der Waals surface area (Å²) in [4.78, 5) is 17.6. The molecule has 0 fully saturated rings. The molecule has 30 heavy (non-hydrogen) atoms. The minimum Gasteiger partial charge on any atom is -0.474 e. The van der Waals surface area contributed by atoms with E-state index >= 15 is 0 Å². The Bertz CT molecular complexity index is 1170. The monoisotopic (exact) mass is 434 g/mol. The maximum atomic E-state index is 13.5.